The molecular formula is C15H20N2O5. The summed E-state index contributed by atoms with van der Waals surface area (Å²) < 4.78 is 5.39. The fourth-order valence-corrected chi connectivity index (χ4v) is 2.76. The number of aromatic carboxylic acids is 1. The van der Waals surface area contributed by atoms with Gasteiger partial charge in [-0.15, -0.1) is 0 Å². The third kappa shape index (κ3) is 3.47. The van der Waals surface area contributed by atoms with Gasteiger partial charge in [-0.1, -0.05) is 6.92 Å². The van der Waals surface area contributed by atoms with Crippen LogP contribution in [0.1, 0.15) is 52.9 Å². The van der Waals surface area contributed by atoms with Crippen LogP contribution in [0.15, 0.2) is 10.5 Å². The van der Waals surface area contributed by atoms with Gasteiger partial charge in [0.15, 0.2) is 5.76 Å². The van der Waals surface area contributed by atoms with Crippen molar-refractivity contribution in [1.82, 2.24) is 4.90 Å². The summed E-state index contributed by atoms with van der Waals surface area (Å²) in [4.78, 5) is 36.0. The van der Waals surface area contributed by atoms with E-state index in [-0.39, 0.29) is 29.1 Å². The number of aryl methyl sites for hydroxylation is 1. The molecule has 1 saturated heterocycles. The molecule has 0 saturated carbocycles. The molecule has 2 heterocycles. The molecule has 0 atom stereocenters. The molecular weight excluding hydrogens is 288 g/mol. The molecule has 120 valence electrons. The third-order valence-corrected chi connectivity index (χ3v) is 3.96. The minimum atomic E-state index is -1.10. The first-order valence-corrected chi connectivity index (χ1v) is 7.36. The summed E-state index contributed by atoms with van der Waals surface area (Å²) in [6, 6.07) is 1.29. The van der Waals surface area contributed by atoms with Crippen LogP contribution in [-0.2, 0) is 11.2 Å². The summed E-state index contributed by atoms with van der Waals surface area (Å²) in [5.41, 5.74) is 5.22. The zero-order valence-corrected chi connectivity index (χ0v) is 12.5. The Hall–Kier alpha value is -2.31. The molecule has 0 bridgehead atoms. The van der Waals surface area contributed by atoms with Crippen molar-refractivity contribution in [2.24, 2.45) is 11.7 Å². The Morgan fingerprint density at radius 2 is 2.00 bits per heavy atom. The second-order valence-electron chi connectivity index (χ2n) is 5.51. The van der Waals surface area contributed by atoms with E-state index in [0.717, 1.165) is 0 Å². The van der Waals surface area contributed by atoms with Crippen molar-refractivity contribution in [3.05, 3.63) is 23.2 Å². The van der Waals surface area contributed by atoms with E-state index in [1.165, 1.54) is 6.07 Å². The smallest absolute Gasteiger partial charge is 0.339 e. The van der Waals surface area contributed by atoms with Crippen molar-refractivity contribution in [2.75, 3.05) is 13.1 Å². The number of carbonyl (C=O) groups excluding carboxylic acids is 2. The Morgan fingerprint density at radius 3 is 2.45 bits per heavy atom. The van der Waals surface area contributed by atoms with Gasteiger partial charge in [-0.3, -0.25) is 9.59 Å². The van der Waals surface area contributed by atoms with Crippen LogP contribution in [0.25, 0.3) is 0 Å². The van der Waals surface area contributed by atoms with E-state index in [1.54, 1.807) is 11.8 Å². The van der Waals surface area contributed by atoms with Crippen LogP contribution < -0.4 is 5.73 Å². The molecule has 7 nitrogen and oxygen atoms in total. The average molecular weight is 308 g/mol. The van der Waals surface area contributed by atoms with Crippen LogP contribution in [0.3, 0.4) is 0 Å². The normalized spacial score (nSPS) is 15.8. The van der Waals surface area contributed by atoms with Gasteiger partial charge in [-0.2, -0.15) is 0 Å². The lowest BCUT2D eigenvalue weighted by atomic mass is 9.93. The number of primary amides is 1. The summed E-state index contributed by atoms with van der Waals surface area (Å²) in [6.07, 6.45) is 2.17. The molecule has 2 rings (SSSR count). The van der Waals surface area contributed by atoms with E-state index < -0.39 is 5.97 Å². The highest BCUT2D eigenvalue weighted by atomic mass is 16.4. The summed E-state index contributed by atoms with van der Waals surface area (Å²) in [5, 5.41) is 9.09. The van der Waals surface area contributed by atoms with Crippen LogP contribution in [0.4, 0.5) is 0 Å². The largest absolute Gasteiger partial charge is 0.478 e. The molecule has 1 aromatic heterocycles. The zero-order valence-electron chi connectivity index (χ0n) is 12.5. The first-order chi connectivity index (χ1) is 10.4. The Labute approximate surface area is 128 Å². The maximum Gasteiger partial charge on any atom is 0.339 e. The number of piperidine rings is 1. The monoisotopic (exact) mass is 308 g/mol. The lowest BCUT2D eigenvalue weighted by molar-refractivity contribution is -0.119. The van der Waals surface area contributed by atoms with Gasteiger partial charge in [0, 0.05) is 32.0 Å². The Balaban J connectivity index is 2.04. The van der Waals surface area contributed by atoms with Crippen LogP contribution in [0.2, 0.25) is 0 Å². The predicted molar refractivity (Wildman–Crippen MR) is 77.5 cm³/mol. The standard InChI is InChI=1S/C15H20N2O5/c1-2-11-10(15(20)21)8-12(22-11)14(19)17-5-3-9(4-6-17)7-13(16)18/h8-9H,2-7H2,1H3,(H2,16,18)(H,20,21). The highest BCUT2D eigenvalue weighted by molar-refractivity contribution is 5.96. The van der Waals surface area contributed by atoms with E-state index in [1.807, 2.05) is 0 Å². The SMILES string of the molecule is CCc1oc(C(=O)N2CCC(CC(N)=O)CC2)cc1C(=O)O. The minimum absolute atomic E-state index is 0.0365. The van der Waals surface area contributed by atoms with Gasteiger partial charge in [-0.25, -0.2) is 4.79 Å². The van der Waals surface area contributed by atoms with Crippen molar-refractivity contribution >= 4 is 17.8 Å². The highest BCUT2D eigenvalue weighted by Gasteiger charge is 2.28. The average Bonchev–Trinajstić information content (AvgIpc) is 2.91. The van der Waals surface area contributed by atoms with Gasteiger partial charge in [-0.05, 0) is 18.8 Å². The van der Waals surface area contributed by atoms with E-state index >= 15 is 0 Å². The Morgan fingerprint density at radius 1 is 1.36 bits per heavy atom. The molecule has 0 radical (unpaired) electrons. The third-order valence-electron chi connectivity index (χ3n) is 3.96. The summed E-state index contributed by atoms with van der Waals surface area (Å²) >= 11 is 0. The fraction of sp³-hybridized carbons (Fsp3) is 0.533. The molecule has 1 aliphatic heterocycles. The number of carbonyl (C=O) groups is 3. The number of rotatable bonds is 5. The molecule has 0 aromatic carbocycles. The van der Waals surface area contributed by atoms with E-state index in [4.69, 9.17) is 15.3 Å². The van der Waals surface area contributed by atoms with E-state index in [2.05, 4.69) is 0 Å². The van der Waals surface area contributed by atoms with Gasteiger partial charge >= 0.3 is 5.97 Å². The van der Waals surface area contributed by atoms with E-state index in [0.29, 0.717) is 44.5 Å². The Bertz CT molecular complexity index is 585. The quantitative estimate of drug-likeness (QED) is 0.850. The lowest BCUT2D eigenvalue weighted by Crippen LogP contribution is -2.39. The molecule has 7 heteroatoms. The molecule has 1 aliphatic rings. The molecule has 1 aromatic rings. The van der Waals surface area contributed by atoms with Crippen LogP contribution in [0.5, 0.6) is 0 Å². The van der Waals surface area contributed by atoms with Crippen LogP contribution in [0, 0.1) is 5.92 Å². The van der Waals surface area contributed by atoms with Gasteiger partial charge in [0.2, 0.25) is 5.91 Å². The molecule has 3 N–H and O–H groups in total. The van der Waals surface area contributed by atoms with Crippen molar-refractivity contribution in [2.45, 2.75) is 32.6 Å². The van der Waals surface area contributed by atoms with Gasteiger partial charge in [0.1, 0.15) is 11.3 Å². The zero-order chi connectivity index (χ0) is 16.3. The number of hydrogen-bond donors (Lipinski definition) is 2. The first kappa shape index (κ1) is 16.1. The molecule has 0 unspecified atom stereocenters. The maximum atomic E-state index is 12.4. The molecule has 1 fully saturated rings. The minimum Gasteiger partial charge on any atom is -0.478 e. The number of likely N-dealkylation sites (tertiary alicyclic amines) is 1. The molecule has 22 heavy (non-hydrogen) atoms. The number of hydrogen-bond acceptors (Lipinski definition) is 4. The summed E-state index contributed by atoms with van der Waals surface area (Å²) in [5.74, 6) is -1.16. The number of carboxylic acids is 1. The molecule has 0 spiro atoms. The highest BCUT2D eigenvalue weighted by Crippen LogP contribution is 2.23. The fourth-order valence-electron chi connectivity index (χ4n) is 2.76. The van der Waals surface area contributed by atoms with Crippen molar-refractivity contribution < 1.29 is 23.9 Å². The second kappa shape index (κ2) is 6.64. The number of nitrogens with two attached hydrogens (primary N) is 1. The lowest BCUT2D eigenvalue weighted by Gasteiger charge is -2.30. The number of amides is 2. The summed E-state index contributed by atoms with van der Waals surface area (Å²) in [7, 11) is 0. The van der Waals surface area contributed by atoms with Crippen LogP contribution >= 0.6 is 0 Å². The van der Waals surface area contributed by atoms with E-state index in [9.17, 15) is 14.4 Å². The van der Waals surface area contributed by atoms with Gasteiger partial charge in [0.05, 0.1) is 0 Å². The maximum absolute atomic E-state index is 12.4. The van der Waals surface area contributed by atoms with Crippen molar-refractivity contribution in [3.63, 3.8) is 0 Å². The molecule has 0 aliphatic carbocycles. The summed E-state index contributed by atoms with van der Waals surface area (Å²) in [6.45, 7) is 2.80. The van der Waals surface area contributed by atoms with Gasteiger partial charge in [0.25, 0.3) is 5.91 Å². The second-order valence-corrected chi connectivity index (χ2v) is 5.51. The van der Waals surface area contributed by atoms with Crippen molar-refractivity contribution in [3.8, 4) is 0 Å². The number of nitrogens with zero attached hydrogens (tertiary/aromatic N) is 1. The Kier molecular flexibility index (Phi) is 4.85. The van der Waals surface area contributed by atoms with Gasteiger partial charge < -0.3 is 20.2 Å². The van der Waals surface area contributed by atoms with Crippen molar-refractivity contribution in [1.29, 1.82) is 0 Å². The predicted octanol–water partition coefficient (Wildman–Crippen LogP) is 1.27. The van der Waals surface area contributed by atoms with Crippen LogP contribution in [-0.4, -0.2) is 40.9 Å². The first-order valence-electron chi connectivity index (χ1n) is 7.36. The molecule has 2 amide bonds. The number of carboxylic acid groups (broad SMARTS) is 1. The topological polar surface area (TPSA) is 114 Å². The number of furan rings is 1.